The molecule has 7 heteroatoms. The molecule has 2 heterocycles. The van der Waals surface area contributed by atoms with Gasteiger partial charge in [-0.1, -0.05) is 6.07 Å². The van der Waals surface area contributed by atoms with Crippen LogP contribution in [0.4, 0.5) is 4.39 Å². The largest absolute Gasteiger partial charge is 0.319 e. The average molecular weight is 258 g/mol. The van der Waals surface area contributed by atoms with E-state index in [0.717, 1.165) is 5.56 Å². The molecule has 1 N–H and O–H groups in total. The SMILES string of the molecule is Fc1cccc(-n2cc(CNn3cnnc3)cn2)c1. The minimum atomic E-state index is -0.280. The summed E-state index contributed by atoms with van der Waals surface area (Å²) in [7, 11) is 0. The summed E-state index contributed by atoms with van der Waals surface area (Å²) in [6.45, 7) is 0.577. The quantitative estimate of drug-likeness (QED) is 0.767. The Hall–Kier alpha value is -2.70. The van der Waals surface area contributed by atoms with Crippen LogP contribution in [0.5, 0.6) is 0 Å². The van der Waals surface area contributed by atoms with Gasteiger partial charge in [0.2, 0.25) is 0 Å². The highest BCUT2D eigenvalue weighted by Gasteiger charge is 2.02. The molecule has 0 unspecified atom stereocenters. The normalized spacial score (nSPS) is 10.6. The summed E-state index contributed by atoms with van der Waals surface area (Å²) in [4.78, 5) is 0. The predicted octanol–water partition coefficient (Wildman–Crippen LogP) is 1.35. The molecule has 19 heavy (non-hydrogen) atoms. The van der Waals surface area contributed by atoms with Crippen molar-refractivity contribution in [2.75, 3.05) is 5.43 Å². The second kappa shape index (κ2) is 4.89. The highest BCUT2D eigenvalue weighted by atomic mass is 19.1. The van der Waals surface area contributed by atoms with Crippen LogP contribution in [0.1, 0.15) is 5.56 Å². The summed E-state index contributed by atoms with van der Waals surface area (Å²) in [6, 6.07) is 6.29. The van der Waals surface area contributed by atoms with Gasteiger partial charge in [0.15, 0.2) is 0 Å². The molecule has 1 aromatic carbocycles. The van der Waals surface area contributed by atoms with Gasteiger partial charge in [-0.25, -0.2) is 13.7 Å². The Morgan fingerprint density at radius 3 is 2.84 bits per heavy atom. The zero-order chi connectivity index (χ0) is 13.1. The highest BCUT2D eigenvalue weighted by molar-refractivity contribution is 5.31. The van der Waals surface area contributed by atoms with Gasteiger partial charge in [0.05, 0.1) is 18.4 Å². The summed E-state index contributed by atoms with van der Waals surface area (Å²) < 4.78 is 16.4. The number of hydrogen-bond donors (Lipinski definition) is 1. The molecular formula is C12H11FN6. The zero-order valence-electron chi connectivity index (χ0n) is 9.94. The molecule has 0 saturated heterocycles. The Balaban J connectivity index is 1.72. The van der Waals surface area contributed by atoms with Gasteiger partial charge >= 0.3 is 0 Å². The Kier molecular flexibility index (Phi) is 2.93. The van der Waals surface area contributed by atoms with Gasteiger partial charge < -0.3 is 5.43 Å². The molecule has 0 bridgehead atoms. The van der Waals surface area contributed by atoms with E-state index in [1.807, 2.05) is 6.20 Å². The van der Waals surface area contributed by atoms with Crippen molar-refractivity contribution in [2.45, 2.75) is 6.54 Å². The first-order valence-corrected chi connectivity index (χ1v) is 5.69. The Morgan fingerprint density at radius 1 is 1.21 bits per heavy atom. The van der Waals surface area contributed by atoms with E-state index in [1.165, 1.54) is 12.1 Å². The van der Waals surface area contributed by atoms with Crippen LogP contribution in [-0.2, 0) is 6.54 Å². The Bertz CT molecular complexity index is 660. The molecule has 0 fully saturated rings. The number of rotatable bonds is 4. The minimum absolute atomic E-state index is 0.280. The van der Waals surface area contributed by atoms with Gasteiger partial charge in [0, 0.05) is 11.8 Å². The predicted molar refractivity (Wildman–Crippen MR) is 66.6 cm³/mol. The van der Waals surface area contributed by atoms with E-state index >= 15 is 0 Å². The first-order valence-electron chi connectivity index (χ1n) is 5.69. The van der Waals surface area contributed by atoms with E-state index in [2.05, 4.69) is 20.7 Å². The summed E-state index contributed by atoms with van der Waals surface area (Å²) in [5, 5.41) is 11.6. The lowest BCUT2D eigenvalue weighted by molar-refractivity contribution is 0.625. The van der Waals surface area contributed by atoms with Gasteiger partial charge in [-0.15, -0.1) is 10.2 Å². The molecule has 0 spiro atoms. The van der Waals surface area contributed by atoms with Crippen molar-refractivity contribution < 1.29 is 4.39 Å². The van der Waals surface area contributed by atoms with Gasteiger partial charge in [-0.2, -0.15) is 5.10 Å². The van der Waals surface area contributed by atoms with Crippen molar-refractivity contribution in [3.8, 4) is 5.69 Å². The summed E-state index contributed by atoms with van der Waals surface area (Å²) in [5.41, 5.74) is 4.74. The first-order chi connectivity index (χ1) is 9.31. The maximum atomic E-state index is 13.1. The minimum Gasteiger partial charge on any atom is -0.319 e. The lowest BCUT2D eigenvalue weighted by Crippen LogP contribution is -2.11. The van der Waals surface area contributed by atoms with Crippen molar-refractivity contribution in [2.24, 2.45) is 0 Å². The monoisotopic (exact) mass is 258 g/mol. The van der Waals surface area contributed by atoms with Crippen LogP contribution in [0, 0.1) is 5.82 Å². The highest BCUT2D eigenvalue weighted by Crippen LogP contribution is 2.10. The summed E-state index contributed by atoms with van der Waals surface area (Å²) >= 11 is 0. The molecule has 6 nitrogen and oxygen atoms in total. The van der Waals surface area contributed by atoms with E-state index < -0.39 is 0 Å². The smallest absolute Gasteiger partial charge is 0.138 e. The van der Waals surface area contributed by atoms with Crippen LogP contribution in [0.15, 0.2) is 49.3 Å². The molecule has 0 aliphatic heterocycles. The maximum absolute atomic E-state index is 13.1. The maximum Gasteiger partial charge on any atom is 0.138 e. The fourth-order valence-corrected chi connectivity index (χ4v) is 1.68. The van der Waals surface area contributed by atoms with Crippen LogP contribution in [-0.4, -0.2) is 24.7 Å². The number of benzene rings is 1. The van der Waals surface area contributed by atoms with E-state index in [4.69, 9.17) is 0 Å². The number of hydrogen-bond acceptors (Lipinski definition) is 4. The standard InChI is InChI=1S/C12H11FN6/c13-11-2-1-3-12(4-11)19-7-10(6-17-19)5-16-18-8-14-15-9-18/h1-4,6-9,16H,5H2. The van der Waals surface area contributed by atoms with E-state index in [-0.39, 0.29) is 5.82 Å². The number of halogens is 1. The Labute approximate surface area is 108 Å². The van der Waals surface area contributed by atoms with Crippen molar-refractivity contribution in [1.29, 1.82) is 0 Å². The van der Waals surface area contributed by atoms with E-state index in [0.29, 0.717) is 12.2 Å². The molecule has 0 radical (unpaired) electrons. The molecule has 3 rings (SSSR count). The average Bonchev–Trinajstić information content (AvgIpc) is 3.08. The van der Waals surface area contributed by atoms with Gasteiger partial charge in [0.1, 0.15) is 18.5 Å². The molecule has 2 aromatic heterocycles. The third kappa shape index (κ3) is 2.59. The fraction of sp³-hybridized carbons (Fsp3) is 0.0833. The molecule has 0 aliphatic rings. The van der Waals surface area contributed by atoms with Crippen molar-refractivity contribution in [3.05, 3.63) is 60.7 Å². The third-order valence-corrected chi connectivity index (χ3v) is 2.59. The second-order valence-corrected chi connectivity index (χ2v) is 3.98. The Morgan fingerprint density at radius 2 is 2.05 bits per heavy atom. The van der Waals surface area contributed by atoms with Crippen LogP contribution in [0.2, 0.25) is 0 Å². The molecule has 96 valence electrons. The summed E-state index contributed by atoms with van der Waals surface area (Å²) in [5.74, 6) is -0.280. The van der Waals surface area contributed by atoms with E-state index in [1.54, 1.807) is 40.3 Å². The van der Waals surface area contributed by atoms with Crippen LogP contribution < -0.4 is 5.43 Å². The van der Waals surface area contributed by atoms with Gasteiger partial charge in [0.25, 0.3) is 0 Å². The first kappa shape index (κ1) is 11.4. The molecule has 0 saturated carbocycles. The number of aromatic nitrogens is 5. The molecule has 0 amide bonds. The third-order valence-electron chi connectivity index (χ3n) is 2.59. The van der Waals surface area contributed by atoms with Crippen LogP contribution >= 0.6 is 0 Å². The number of nitrogens with zero attached hydrogens (tertiary/aromatic N) is 5. The lowest BCUT2D eigenvalue weighted by atomic mass is 10.3. The molecular weight excluding hydrogens is 247 g/mol. The molecule has 3 aromatic rings. The topological polar surface area (TPSA) is 60.6 Å². The van der Waals surface area contributed by atoms with Crippen molar-refractivity contribution in [3.63, 3.8) is 0 Å². The van der Waals surface area contributed by atoms with E-state index in [9.17, 15) is 4.39 Å². The van der Waals surface area contributed by atoms with Crippen molar-refractivity contribution >= 4 is 0 Å². The van der Waals surface area contributed by atoms with Gasteiger partial charge in [-0.05, 0) is 18.2 Å². The fourth-order valence-electron chi connectivity index (χ4n) is 1.68. The second-order valence-electron chi connectivity index (χ2n) is 3.98. The summed E-state index contributed by atoms with van der Waals surface area (Å²) in [6.07, 6.45) is 6.70. The van der Waals surface area contributed by atoms with Gasteiger partial charge in [-0.3, -0.25) is 0 Å². The van der Waals surface area contributed by atoms with Crippen LogP contribution in [0.25, 0.3) is 5.69 Å². The zero-order valence-corrected chi connectivity index (χ0v) is 9.94. The molecule has 0 aliphatic carbocycles. The lowest BCUT2D eigenvalue weighted by Gasteiger charge is -2.03. The molecule has 0 atom stereocenters. The van der Waals surface area contributed by atoms with Crippen molar-refractivity contribution in [1.82, 2.24) is 24.7 Å². The van der Waals surface area contributed by atoms with Crippen LogP contribution in [0.3, 0.4) is 0 Å². The number of nitrogens with one attached hydrogen (secondary N) is 1.